The molecule has 1 saturated heterocycles. The third-order valence-electron chi connectivity index (χ3n) is 4.75. The Morgan fingerprint density at radius 3 is 2.31 bits per heavy atom. The first-order valence-electron chi connectivity index (χ1n) is 8.72. The summed E-state index contributed by atoms with van der Waals surface area (Å²) in [5.41, 5.74) is 5.85. The minimum atomic E-state index is -4.51. The number of nitriles is 1. The molecular weight excluding hydrogens is 407 g/mol. The molecule has 3 rings (SSSR count). The zero-order valence-electron chi connectivity index (χ0n) is 15.2. The van der Waals surface area contributed by atoms with E-state index in [9.17, 15) is 18.0 Å². The van der Waals surface area contributed by atoms with Gasteiger partial charge in [0.1, 0.15) is 11.9 Å². The van der Waals surface area contributed by atoms with Crippen LogP contribution < -0.4 is 10.6 Å². The van der Waals surface area contributed by atoms with Crippen LogP contribution in [0.3, 0.4) is 0 Å². The number of halogens is 4. The van der Waals surface area contributed by atoms with Crippen LogP contribution in [0.4, 0.5) is 19.0 Å². The maximum Gasteiger partial charge on any atom is 0.417 e. The number of hydrogen-bond acceptors (Lipinski definition) is 5. The van der Waals surface area contributed by atoms with E-state index in [1.807, 2.05) is 11.0 Å². The van der Waals surface area contributed by atoms with Gasteiger partial charge in [0.15, 0.2) is 0 Å². The molecule has 1 aromatic carbocycles. The van der Waals surface area contributed by atoms with Gasteiger partial charge in [-0.2, -0.15) is 18.4 Å². The van der Waals surface area contributed by atoms with Crippen LogP contribution in [-0.4, -0.2) is 42.0 Å². The number of hydrogen-bond donors (Lipinski definition) is 1. The molecule has 10 heteroatoms. The topological polar surface area (TPSA) is 86.2 Å². The normalized spacial score (nSPS) is 16.3. The van der Waals surface area contributed by atoms with Crippen molar-refractivity contribution in [3.05, 3.63) is 58.2 Å². The second-order valence-electron chi connectivity index (χ2n) is 6.59. The van der Waals surface area contributed by atoms with Gasteiger partial charge in [-0.05, 0) is 23.8 Å². The van der Waals surface area contributed by atoms with Gasteiger partial charge >= 0.3 is 6.18 Å². The molecule has 29 heavy (non-hydrogen) atoms. The van der Waals surface area contributed by atoms with Crippen LogP contribution in [0.2, 0.25) is 5.02 Å². The zero-order valence-corrected chi connectivity index (χ0v) is 15.9. The molecule has 0 bridgehead atoms. The fourth-order valence-corrected chi connectivity index (χ4v) is 3.59. The van der Waals surface area contributed by atoms with Crippen molar-refractivity contribution in [2.75, 3.05) is 31.1 Å². The first-order chi connectivity index (χ1) is 13.7. The van der Waals surface area contributed by atoms with Crippen LogP contribution in [0, 0.1) is 11.3 Å². The van der Waals surface area contributed by atoms with Crippen molar-refractivity contribution in [1.29, 1.82) is 5.26 Å². The summed E-state index contributed by atoms with van der Waals surface area (Å²) in [4.78, 5) is 19.6. The summed E-state index contributed by atoms with van der Waals surface area (Å²) in [6, 6.07) is 8.83. The molecule has 0 aliphatic carbocycles. The minimum absolute atomic E-state index is 0.0770. The lowest BCUT2D eigenvalue weighted by Gasteiger charge is -2.39. The van der Waals surface area contributed by atoms with Crippen LogP contribution in [0.25, 0.3) is 0 Å². The molecule has 1 unspecified atom stereocenters. The Morgan fingerprint density at radius 1 is 1.21 bits per heavy atom. The van der Waals surface area contributed by atoms with Gasteiger partial charge in [0.05, 0.1) is 22.2 Å². The fourth-order valence-electron chi connectivity index (χ4n) is 3.31. The summed E-state index contributed by atoms with van der Waals surface area (Å²) in [7, 11) is 0. The summed E-state index contributed by atoms with van der Waals surface area (Å²) < 4.78 is 38.4. The number of carbonyl (C=O) groups excluding carboxylic acids is 1. The summed E-state index contributed by atoms with van der Waals surface area (Å²) in [6.45, 7) is 1.70. The molecule has 2 heterocycles. The zero-order chi connectivity index (χ0) is 21.2. The van der Waals surface area contributed by atoms with Gasteiger partial charge in [-0.1, -0.05) is 23.7 Å². The van der Waals surface area contributed by atoms with Crippen molar-refractivity contribution >= 4 is 23.3 Å². The van der Waals surface area contributed by atoms with Crippen molar-refractivity contribution in [2.45, 2.75) is 12.2 Å². The summed E-state index contributed by atoms with van der Waals surface area (Å²) >= 11 is 6.02. The Balaban J connectivity index is 1.73. The van der Waals surface area contributed by atoms with E-state index in [-0.39, 0.29) is 10.8 Å². The van der Waals surface area contributed by atoms with Crippen LogP contribution in [0.1, 0.15) is 22.7 Å². The third kappa shape index (κ3) is 4.60. The molecule has 2 aromatic rings. The summed E-state index contributed by atoms with van der Waals surface area (Å²) in [5, 5.41) is 8.83. The molecule has 0 spiro atoms. The summed E-state index contributed by atoms with van der Waals surface area (Å²) in [6.07, 6.45) is -3.75. The molecule has 152 valence electrons. The highest BCUT2D eigenvalue weighted by atomic mass is 35.5. The number of benzene rings is 1. The molecule has 0 radical (unpaired) electrons. The van der Waals surface area contributed by atoms with Gasteiger partial charge in [-0.25, -0.2) is 4.98 Å². The van der Waals surface area contributed by atoms with Crippen LogP contribution >= 0.6 is 11.6 Å². The molecule has 6 nitrogen and oxygen atoms in total. The van der Waals surface area contributed by atoms with Crippen LogP contribution in [0.5, 0.6) is 0 Å². The molecular formula is C19H17ClF3N5O. The predicted octanol–water partition coefficient (Wildman–Crippen LogP) is 2.97. The summed E-state index contributed by atoms with van der Waals surface area (Å²) in [5.74, 6) is -0.248. The van der Waals surface area contributed by atoms with Crippen LogP contribution in [0.15, 0.2) is 36.5 Å². The van der Waals surface area contributed by atoms with E-state index in [2.05, 4.69) is 4.98 Å². The Kier molecular flexibility index (Phi) is 5.96. The first-order valence-corrected chi connectivity index (χ1v) is 9.09. The van der Waals surface area contributed by atoms with Gasteiger partial charge in [0, 0.05) is 32.4 Å². The highest BCUT2D eigenvalue weighted by molar-refractivity contribution is 6.33. The van der Waals surface area contributed by atoms with Crippen molar-refractivity contribution < 1.29 is 18.0 Å². The number of aromatic nitrogens is 1. The molecule has 1 fully saturated rings. The van der Waals surface area contributed by atoms with Gasteiger partial charge in [0.25, 0.3) is 0 Å². The second kappa shape index (κ2) is 8.27. The van der Waals surface area contributed by atoms with Crippen molar-refractivity contribution in [3.8, 4) is 6.07 Å². The number of alkyl halides is 3. The average molecular weight is 424 g/mol. The quantitative estimate of drug-likeness (QED) is 0.817. The highest BCUT2D eigenvalue weighted by Gasteiger charge is 2.33. The predicted molar refractivity (Wildman–Crippen MR) is 101 cm³/mol. The van der Waals surface area contributed by atoms with E-state index in [1.165, 1.54) is 0 Å². The smallest absolute Gasteiger partial charge is 0.368 e. The van der Waals surface area contributed by atoms with E-state index >= 15 is 0 Å². The lowest BCUT2D eigenvalue weighted by Crippen LogP contribution is -2.50. The molecule has 1 aliphatic heterocycles. The Labute approximate surface area is 170 Å². The minimum Gasteiger partial charge on any atom is -0.368 e. The molecule has 1 atom stereocenters. The van der Waals surface area contributed by atoms with Gasteiger partial charge in [0.2, 0.25) is 5.91 Å². The monoisotopic (exact) mass is 423 g/mol. The van der Waals surface area contributed by atoms with E-state index in [0.717, 1.165) is 12.3 Å². The number of pyridine rings is 1. The molecule has 1 aromatic heterocycles. The number of carbonyl (C=O) groups is 1. The average Bonchev–Trinajstić information content (AvgIpc) is 2.68. The lowest BCUT2D eigenvalue weighted by atomic mass is 10.0. The number of primary amides is 1. The van der Waals surface area contributed by atoms with Crippen LogP contribution in [-0.2, 0) is 11.0 Å². The molecule has 0 saturated carbocycles. The third-order valence-corrected chi connectivity index (χ3v) is 5.03. The Bertz CT molecular complexity index is 934. The second-order valence-corrected chi connectivity index (χ2v) is 7.00. The molecule has 1 amide bonds. The van der Waals surface area contributed by atoms with E-state index < -0.39 is 23.7 Å². The highest BCUT2D eigenvalue weighted by Crippen LogP contribution is 2.34. The SMILES string of the molecule is N#Cc1ccc(C(C(N)=O)N2CCN(c3ncc(C(F)(F)F)cc3Cl)CC2)cc1. The van der Waals surface area contributed by atoms with E-state index in [0.29, 0.717) is 37.3 Å². The Hall–Kier alpha value is -2.83. The lowest BCUT2D eigenvalue weighted by molar-refractivity contribution is -0.137. The number of anilines is 1. The number of nitrogens with zero attached hydrogens (tertiary/aromatic N) is 4. The van der Waals surface area contributed by atoms with Gasteiger partial charge in [-0.3, -0.25) is 9.69 Å². The van der Waals surface area contributed by atoms with E-state index in [4.69, 9.17) is 22.6 Å². The molecule has 2 N–H and O–H groups in total. The number of piperazine rings is 1. The van der Waals surface area contributed by atoms with Crippen molar-refractivity contribution in [1.82, 2.24) is 9.88 Å². The first kappa shape index (κ1) is 20.9. The fraction of sp³-hybridized carbons (Fsp3) is 0.316. The van der Waals surface area contributed by atoms with Crippen molar-refractivity contribution in [3.63, 3.8) is 0 Å². The number of rotatable bonds is 4. The Morgan fingerprint density at radius 2 is 1.83 bits per heavy atom. The van der Waals surface area contributed by atoms with E-state index in [1.54, 1.807) is 29.2 Å². The van der Waals surface area contributed by atoms with Gasteiger partial charge in [-0.15, -0.1) is 0 Å². The van der Waals surface area contributed by atoms with Crippen molar-refractivity contribution in [2.24, 2.45) is 5.73 Å². The van der Waals surface area contributed by atoms with Gasteiger partial charge < -0.3 is 10.6 Å². The standard InChI is InChI=1S/C19H17ClF3N5O/c20-15-9-14(19(21,22)23)11-26-18(15)28-7-5-27(6-8-28)16(17(25)29)13-3-1-12(10-24)2-4-13/h1-4,9,11,16H,5-8H2,(H2,25,29). The number of nitrogens with two attached hydrogens (primary N) is 1. The maximum absolute atomic E-state index is 12.8. The molecule has 1 aliphatic rings. The maximum atomic E-state index is 12.8. The number of amides is 1. The largest absolute Gasteiger partial charge is 0.417 e.